The highest BCUT2D eigenvalue weighted by Crippen LogP contribution is 2.27. The number of esters is 1. The van der Waals surface area contributed by atoms with Gasteiger partial charge in [0.1, 0.15) is 11.4 Å². The summed E-state index contributed by atoms with van der Waals surface area (Å²) in [5.74, 6) is 0.111. The molecule has 1 aromatic heterocycles. The zero-order valence-corrected chi connectivity index (χ0v) is 11.8. The third-order valence-electron chi connectivity index (χ3n) is 3.35. The van der Waals surface area contributed by atoms with Gasteiger partial charge >= 0.3 is 5.97 Å². The standard InChI is InChI=1S/C14H21N3O3/c1-3-19-11-8-10(15)12(11)17-13-9(6-5-7-16-13)14(18)20-4-2/h5-7,10-12H,3-4,8,15H2,1-2H3,(H,16,17). The Morgan fingerprint density at radius 2 is 2.30 bits per heavy atom. The summed E-state index contributed by atoms with van der Waals surface area (Å²) in [4.78, 5) is 16.1. The van der Waals surface area contributed by atoms with Crippen LogP contribution in [0.15, 0.2) is 18.3 Å². The molecule has 0 radical (unpaired) electrons. The minimum absolute atomic E-state index is 0.00333. The van der Waals surface area contributed by atoms with Crippen LogP contribution in [-0.2, 0) is 9.47 Å². The van der Waals surface area contributed by atoms with Crippen LogP contribution in [0.3, 0.4) is 0 Å². The van der Waals surface area contributed by atoms with E-state index in [2.05, 4.69) is 10.3 Å². The highest BCUT2D eigenvalue weighted by atomic mass is 16.5. The van der Waals surface area contributed by atoms with E-state index in [-0.39, 0.29) is 24.2 Å². The number of pyridine rings is 1. The molecule has 3 N–H and O–H groups in total. The Kier molecular flexibility index (Phi) is 4.92. The molecular formula is C14H21N3O3. The molecule has 1 aliphatic carbocycles. The van der Waals surface area contributed by atoms with Crippen LogP contribution in [0.4, 0.5) is 5.82 Å². The van der Waals surface area contributed by atoms with Gasteiger partial charge in [-0.05, 0) is 32.4 Å². The van der Waals surface area contributed by atoms with Crippen molar-refractivity contribution in [1.82, 2.24) is 4.98 Å². The van der Waals surface area contributed by atoms with Gasteiger partial charge in [0.05, 0.1) is 18.8 Å². The van der Waals surface area contributed by atoms with Crippen LogP contribution in [0.5, 0.6) is 0 Å². The van der Waals surface area contributed by atoms with Crippen molar-refractivity contribution in [2.75, 3.05) is 18.5 Å². The average Bonchev–Trinajstić information content (AvgIpc) is 2.45. The van der Waals surface area contributed by atoms with Crippen molar-refractivity contribution in [2.45, 2.75) is 38.5 Å². The summed E-state index contributed by atoms with van der Waals surface area (Å²) in [6, 6.07) is 3.37. The molecular weight excluding hydrogens is 258 g/mol. The monoisotopic (exact) mass is 279 g/mol. The molecule has 0 bridgehead atoms. The third kappa shape index (κ3) is 3.08. The van der Waals surface area contributed by atoms with Gasteiger partial charge in [-0.3, -0.25) is 0 Å². The van der Waals surface area contributed by atoms with E-state index in [4.69, 9.17) is 15.2 Å². The van der Waals surface area contributed by atoms with Crippen molar-refractivity contribution < 1.29 is 14.3 Å². The molecule has 2 rings (SSSR count). The molecule has 20 heavy (non-hydrogen) atoms. The normalized spacial score (nSPS) is 24.9. The van der Waals surface area contributed by atoms with Crippen LogP contribution in [0.25, 0.3) is 0 Å². The van der Waals surface area contributed by atoms with E-state index in [9.17, 15) is 4.79 Å². The molecule has 1 aliphatic rings. The van der Waals surface area contributed by atoms with E-state index in [0.29, 0.717) is 24.6 Å². The zero-order valence-electron chi connectivity index (χ0n) is 11.8. The first kappa shape index (κ1) is 14.7. The van der Waals surface area contributed by atoms with Crippen molar-refractivity contribution in [2.24, 2.45) is 5.73 Å². The number of hydrogen-bond acceptors (Lipinski definition) is 6. The maximum atomic E-state index is 11.9. The second kappa shape index (κ2) is 6.67. The van der Waals surface area contributed by atoms with Gasteiger partial charge in [0.2, 0.25) is 0 Å². The maximum Gasteiger partial charge on any atom is 0.341 e. The number of ether oxygens (including phenoxy) is 2. The molecule has 0 spiro atoms. The maximum absolute atomic E-state index is 11.9. The van der Waals surface area contributed by atoms with Gasteiger partial charge < -0.3 is 20.5 Å². The van der Waals surface area contributed by atoms with Crippen molar-refractivity contribution in [3.63, 3.8) is 0 Å². The molecule has 6 heteroatoms. The molecule has 0 aromatic carbocycles. The molecule has 0 amide bonds. The molecule has 1 heterocycles. The van der Waals surface area contributed by atoms with E-state index >= 15 is 0 Å². The van der Waals surface area contributed by atoms with Gasteiger partial charge in [-0.25, -0.2) is 9.78 Å². The largest absolute Gasteiger partial charge is 0.462 e. The lowest BCUT2D eigenvalue weighted by Gasteiger charge is -2.42. The SMILES string of the molecule is CCOC(=O)c1cccnc1NC1C(N)CC1OCC. The lowest BCUT2D eigenvalue weighted by atomic mass is 9.83. The quantitative estimate of drug-likeness (QED) is 0.760. The van der Waals surface area contributed by atoms with Crippen LogP contribution >= 0.6 is 0 Å². The molecule has 1 saturated carbocycles. The smallest absolute Gasteiger partial charge is 0.341 e. The minimum atomic E-state index is -0.385. The van der Waals surface area contributed by atoms with Crippen molar-refractivity contribution in [1.29, 1.82) is 0 Å². The van der Waals surface area contributed by atoms with E-state index < -0.39 is 0 Å². The zero-order chi connectivity index (χ0) is 14.5. The molecule has 0 saturated heterocycles. The molecule has 110 valence electrons. The van der Waals surface area contributed by atoms with Gasteiger partial charge in [-0.15, -0.1) is 0 Å². The molecule has 3 unspecified atom stereocenters. The highest BCUT2D eigenvalue weighted by molar-refractivity contribution is 5.94. The number of carbonyl (C=O) groups excluding carboxylic acids is 1. The van der Waals surface area contributed by atoms with Crippen LogP contribution in [0.2, 0.25) is 0 Å². The number of hydrogen-bond donors (Lipinski definition) is 2. The van der Waals surface area contributed by atoms with E-state index in [1.807, 2.05) is 6.92 Å². The summed E-state index contributed by atoms with van der Waals surface area (Å²) < 4.78 is 10.6. The Bertz CT molecular complexity index is 465. The molecule has 1 aromatic rings. The number of aromatic nitrogens is 1. The summed E-state index contributed by atoms with van der Waals surface area (Å²) in [7, 11) is 0. The number of rotatable bonds is 6. The van der Waals surface area contributed by atoms with Gasteiger partial charge in [0.15, 0.2) is 0 Å². The minimum Gasteiger partial charge on any atom is -0.462 e. The third-order valence-corrected chi connectivity index (χ3v) is 3.35. The Labute approximate surface area is 118 Å². The summed E-state index contributed by atoms with van der Waals surface area (Å²) >= 11 is 0. The molecule has 6 nitrogen and oxygen atoms in total. The molecule has 0 aliphatic heterocycles. The van der Waals surface area contributed by atoms with Crippen molar-refractivity contribution >= 4 is 11.8 Å². The molecule has 1 fully saturated rings. The Hall–Kier alpha value is -1.66. The van der Waals surface area contributed by atoms with Crippen LogP contribution in [-0.4, -0.2) is 42.4 Å². The first-order valence-electron chi connectivity index (χ1n) is 6.93. The Morgan fingerprint density at radius 3 is 2.95 bits per heavy atom. The van der Waals surface area contributed by atoms with E-state index in [0.717, 1.165) is 6.42 Å². The van der Waals surface area contributed by atoms with Crippen molar-refractivity contribution in [3.05, 3.63) is 23.9 Å². The number of carbonyl (C=O) groups is 1. The average molecular weight is 279 g/mol. The topological polar surface area (TPSA) is 86.5 Å². The number of nitrogens with two attached hydrogens (primary N) is 1. The Morgan fingerprint density at radius 1 is 1.50 bits per heavy atom. The van der Waals surface area contributed by atoms with Gasteiger partial charge in [-0.2, -0.15) is 0 Å². The second-order valence-electron chi connectivity index (χ2n) is 4.68. The summed E-state index contributed by atoms with van der Waals surface area (Å²) in [5.41, 5.74) is 6.41. The highest BCUT2D eigenvalue weighted by Gasteiger charge is 2.40. The number of nitrogens with zero attached hydrogens (tertiary/aromatic N) is 1. The van der Waals surface area contributed by atoms with Gasteiger partial charge in [0.25, 0.3) is 0 Å². The summed E-state index contributed by atoms with van der Waals surface area (Å²) in [6.45, 7) is 4.69. The fourth-order valence-corrected chi connectivity index (χ4v) is 2.28. The fourth-order valence-electron chi connectivity index (χ4n) is 2.28. The van der Waals surface area contributed by atoms with E-state index in [1.165, 1.54) is 0 Å². The predicted molar refractivity (Wildman–Crippen MR) is 75.6 cm³/mol. The number of anilines is 1. The summed E-state index contributed by atoms with van der Waals surface area (Å²) in [6.07, 6.45) is 2.50. The second-order valence-corrected chi connectivity index (χ2v) is 4.68. The fraction of sp³-hybridized carbons (Fsp3) is 0.571. The molecule has 3 atom stereocenters. The van der Waals surface area contributed by atoms with Crippen LogP contribution < -0.4 is 11.1 Å². The first-order chi connectivity index (χ1) is 9.67. The van der Waals surface area contributed by atoms with Crippen molar-refractivity contribution in [3.8, 4) is 0 Å². The lowest BCUT2D eigenvalue weighted by Crippen LogP contribution is -2.60. The lowest BCUT2D eigenvalue weighted by molar-refractivity contribution is -0.0127. The van der Waals surface area contributed by atoms with E-state index in [1.54, 1.807) is 25.3 Å². The number of nitrogens with one attached hydrogen (secondary N) is 1. The Balaban J connectivity index is 2.11. The van der Waals surface area contributed by atoms with Gasteiger partial charge in [0, 0.05) is 18.8 Å². The summed E-state index contributed by atoms with van der Waals surface area (Å²) in [5, 5.41) is 3.21. The van der Waals surface area contributed by atoms with Gasteiger partial charge in [-0.1, -0.05) is 0 Å². The first-order valence-corrected chi connectivity index (χ1v) is 6.93. The predicted octanol–water partition coefficient (Wildman–Crippen LogP) is 1.17. The van der Waals surface area contributed by atoms with Crippen LogP contribution in [0.1, 0.15) is 30.6 Å². The van der Waals surface area contributed by atoms with Crippen LogP contribution in [0, 0.1) is 0 Å².